The van der Waals surface area contributed by atoms with Gasteiger partial charge >= 0.3 is 0 Å². The molecule has 0 spiro atoms. The third-order valence-corrected chi connectivity index (χ3v) is 3.55. The van der Waals surface area contributed by atoms with Gasteiger partial charge in [0.1, 0.15) is 18.3 Å². The molecule has 4 nitrogen and oxygen atoms in total. The van der Waals surface area contributed by atoms with Crippen LogP contribution in [-0.2, 0) is 25.6 Å². The molecule has 1 unspecified atom stereocenters. The van der Waals surface area contributed by atoms with Gasteiger partial charge in [0.2, 0.25) is 0 Å². The molecule has 0 radical (unpaired) electrons. The third kappa shape index (κ3) is 2.51. The number of benzene rings is 1. The van der Waals surface area contributed by atoms with E-state index in [1.165, 1.54) is 7.11 Å². The maximum atomic E-state index is 14.3. The number of methoxy groups -OCH3 is 1. The van der Waals surface area contributed by atoms with Crippen LogP contribution in [0.25, 0.3) is 0 Å². The predicted octanol–water partition coefficient (Wildman–Crippen LogP) is 1.68. The first kappa shape index (κ1) is 13.0. The molecule has 104 valence electrons. The zero-order chi connectivity index (χ0) is 13.2. The molecule has 2 aliphatic heterocycles. The minimum atomic E-state index is -1.24. The van der Waals surface area contributed by atoms with Gasteiger partial charge in [0.05, 0.1) is 13.2 Å². The molecule has 0 N–H and O–H groups in total. The Morgan fingerprint density at radius 1 is 1.26 bits per heavy atom. The lowest BCUT2D eigenvalue weighted by Crippen LogP contribution is -2.53. The standard InChI is InChI=1S/C14H17FO4/c1-16-13-11(15)12(10-8-18-14(13)19-10)17-7-9-5-3-2-4-6-9/h2-6,10-14H,7-8H2,1H3/t10-,11+,12-,13-,14?/m1/s1. The molecular weight excluding hydrogens is 251 g/mol. The van der Waals surface area contributed by atoms with E-state index in [9.17, 15) is 4.39 Å². The van der Waals surface area contributed by atoms with E-state index >= 15 is 0 Å². The van der Waals surface area contributed by atoms with Gasteiger partial charge in [0, 0.05) is 7.11 Å². The summed E-state index contributed by atoms with van der Waals surface area (Å²) in [5.74, 6) is 0. The van der Waals surface area contributed by atoms with Crippen LogP contribution in [-0.4, -0.2) is 44.5 Å². The molecule has 2 saturated heterocycles. The van der Waals surface area contributed by atoms with Crippen LogP contribution in [0.5, 0.6) is 0 Å². The Balaban J connectivity index is 1.66. The van der Waals surface area contributed by atoms with Gasteiger partial charge in [0.25, 0.3) is 0 Å². The van der Waals surface area contributed by atoms with E-state index < -0.39 is 24.7 Å². The second-order valence-corrected chi connectivity index (χ2v) is 4.78. The van der Waals surface area contributed by atoms with E-state index in [1.54, 1.807) is 0 Å². The maximum absolute atomic E-state index is 14.3. The second kappa shape index (κ2) is 5.54. The molecule has 0 amide bonds. The summed E-state index contributed by atoms with van der Waals surface area (Å²) in [5, 5.41) is 0. The van der Waals surface area contributed by atoms with Crippen LogP contribution in [0.2, 0.25) is 0 Å². The van der Waals surface area contributed by atoms with E-state index in [0.717, 1.165) is 5.56 Å². The number of fused-ring (bicyclic) bond motifs is 2. The normalized spacial score (nSPS) is 37.5. The highest BCUT2D eigenvalue weighted by Gasteiger charge is 2.52. The minimum absolute atomic E-state index is 0.352. The predicted molar refractivity (Wildman–Crippen MR) is 65.3 cm³/mol. The lowest BCUT2D eigenvalue weighted by Gasteiger charge is -2.35. The zero-order valence-corrected chi connectivity index (χ0v) is 10.7. The van der Waals surface area contributed by atoms with Gasteiger partial charge in [-0.3, -0.25) is 0 Å². The molecular formula is C14H17FO4. The average molecular weight is 268 g/mol. The highest BCUT2D eigenvalue weighted by molar-refractivity contribution is 5.13. The minimum Gasteiger partial charge on any atom is -0.373 e. The summed E-state index contributed by atoms with van der Waals surface area (Å²) in [7, 11) is 1.46. The molecule has 2 heterocycles. The van der Waals surface area contributed by atoms with Crippen molar-refractivity contribution in [2.45, 2.75) is 37.4 Å². The van der Waals surface area contributed by atoms with E-state index in [0.29, 0.717) is 13.2 Å². The summed E-state index contributed by atoms with van der Waals surface area (Å²) in [6.45, 7) is 0.706. The van der Waals surface area contributed by atoms with Crippen molar-refractivity contribution in [1.82, 2.24) is 0 Å². The topological polar surface area (TPSA) is 36.9 Å². The van der Waals surface area contributed by atoms with Gasteiger partial charge in [0.15, 0.2) is 12.5 Å². The molecule has 0 aromatic heterocycles. The second-order valence-electron chi connectivity index (χ2n) is 4.78. The maximum Gasteiger partial charge on any atom is 0.187 e. The summed E-state index contributed by atoms with van der Waals surface area (Å²) >= 11 is 0. The first-order valence-corrected chi connectivity index (χ1v) is 6.39. The molecule has 0 saturated carbocycles. The van der Waals surface area contributed by atoms with Gasteiger partial charge in [-0.05, 0) is 5.56 Å². The van der Waals surface area contributed by atoms with Crippen LogP contribution >= 0.6 is 0 Å². The summed E-state index contributed by atoms with van der Waals surface area (Å²) in [4.78, 5) is 0. The zero-order valence-electron chi connectivity index (χ0n) is 10.7. The fraction of sp³-hybridized carbons (Fsp3) is 0.571. The number of rotatable bonds is 4. The van der Waals surface area contributed by atoms with E-state index in [1.807, 2.05) is 30.3 Å². The van der Waals surface area contributed by atoms with Crippen molar-refractivity contribution >= 4 is 0 Å². The number of alkyl halides is 1. The fourth-order valence-corrected chi connectivity index (χ4v) is 2.53. The third-order valence-electron chi connectivity index (χ3n) is 3.55. The van der Waals surface area contributed by atoms with Crippen LogP contribution in [0.15, 0.2) is 30.3 Å². The van der Waals surface area contributed by atoms with Crippen molar-refractivity contribution in [2.75, 3.05) is 13.7 Å². The summed E-state index contributed by atoms with van der Waals surface area (Å²) in [6.07, 6.45) is -3.57. The lowest BCUT2D eigenvalue weighted by molar-refractivity contribution is -0.231. The molecule has 2 aliphatic rings. The Morgan fingerprint density at radius 3 is 2.79 bits per heavy atom. The highest BCUT2D eigenvalue weighted by Crippen LogP contribution is 2.33. The van der Waals surface area contributed by atoms with Gasteiger partial charge in [-0.15, -0.1) is 0 Å². The quantitative estimate of drug-likeness (QED) is 0.832. The van der Waals surface area contributed by atoms with Crippen molar-refractivity contribution in [2.24, 2.45) is 0 Å². The Bertz CT molecular complexity index is 413. The Kier molecular flexibility index (Phi) is 3.79. The Morgan fingerprint density at radius 2 is 2.05 bits per heavy atom. The Hall–Kier alpha value is -1.01. The smallest absolute Gasteiger partial charge is 0.187 e. The summed E-state index contributed by atoms with van der Waals surface area (Å²) in [5.41, 5.74) is 1.00. The molecule has 0 aliphatic carbocycles. The van der Waals surface area contributed by atoms with Crippen molar-refractivity contribution < 1.29 is 23.3 Å². The van der Waals surface area contributed by atoms with E-state index in [2.05, 4.69) is 0 Å². The van der Waals surface area contributed by atoms with Gasteiger partial charge < -0.3 is 18.9 Å². The van der Waals surface area contributed by atoms with E-state index in [-0.39, 0.29) is 6.10 Å². The molecule has 3 rings (SSSR count). The molecule has 1 aromatic rings. The van der Waals surface area contributed by atoms with Crippen molar-refractivity contribution in [3.05, 3.63) is 35.9 Å². The number of ether oxygens (including phenoxy) is 4. The molecule has 2 fully saturated rings. The van der Waals surface area contributed by atoms with Crippen molar-refractivity contribution in [1.29, 1.82) is 0 Å². The number of halogens is 1. The summed E-state index contributed by atoms with van der Waals surface area (Å²) in [6, 6.07) is 9.67. The Labute approximate surface area is 111 Å². The monoisotopic (exact) mass is 268 g/mol. The van der Waals surface area contributed by atoms with Crippen LogP contribution < -0.4 is 0 Å². The van der Waals surface area contributed by atoms with Crippen LogP contribution in [0, 0.1) is 0 Å². The molecule has 19 heavy (non-hydrogen) atoms. The first-order chi connectivity index (χ1) is 9.29. The number of hydrogen-bond acceptors (Lipinski definition) is 4. The van der Waals surface area contributed by atoms with Crippen LogP contribution in [0.3, 0.4) is 0 Å². The fourth-order valence-electron chi connectivity index (χ4n) is 2.53. The largest absolute Gasteiger partial charge is 0.373 e. The first-order valence-electron chi connectivity index (χ1n) is 6.39. The molecule has 1 aromatic carbocycles. The van der Waals surface area contributed by atoms with Gasteiger partial charge in [-0.25, -0.2) is 4.39 Å². The highest BCUT2D eigenvalue weighted by atomic mass is 19.1. The molecule has 5 heteroatoms. The van der Waals surface area contributed by atoms with Crippen LogP contribution in [0.1, 0.15) is 5.56 Å². The average Bonchev–Trinajstić information content (AvgIpc) is 2.86. The molecule has 5 atom stereocenters. The van der Waals surface area contributed by atoms with E-state index in [4.69, 9.17) is 18.9 Å². The van der Waals surface area contributed by atoms with Crippen molar-refractivity contribution in [3.8, 4) is 0 Å². The van der Waals surface area contributed by atoms with Crippen molar-refractivity contribution in [3.63, 3.8) is 0 Å². The number of hydrogen-bond donors (Lipinski definition) is 0. The van der Waals surface area contributed by atoms with Crippen LogP contribution in [0.4, 0.5) is 4.39 Å². The van der Waals surface area contributed by atoms with Gasteiger partial charge in [-0.2, -0.15) is 0 Å². The summed E-state index contributed by atoms with van der Waals surface area (Å²) < 4.78 is 36.1. The van der Waals surface area contributed by atoms with Gasteiger partial charge in [-0.1, -0.05) is 30.3 Å². The SMILES string of the molecule is CO[C@H]1C2OC[C@@H](O2)[C@@H](OCc2ccccc2)[C@@H]1F. The lowest BCUT2D eigenvalue weighted by atomic mass is 10.0. The molecule has 2 bridgehead atoms.